The summed E-state index contributed by atoms with van der Waals surface area (Å²) in [5, 5.41) is 7.61. The number of halogens is 1. The fourth-order valence-electron chi connectivity index (χ4n) is 4.23. The van der Waals surface area contributed by atoms with Crippen LogP contribution in [0, 0.1) is 5.82 Å². The molecular formula is C25H30FN5O2. The van der Waals surface area contributed by atoms with Crippen LogP contribution in [0.3, 0.4) is 0 Å². The summed E-state index contributed by atoms with van der Waals surface area (Å²) >= 11 is 0. The Labute approximate surface area is 193 Å². The number of methoxy groups -OCH3 is 1. The van der Waals surface area contributed by atoms with Crippen molar-refractivity contribution in [2.75, 3.05) is 25.6 Å². The van der Waals surface area contributed by atoms with Crippen LogP contribution in [0.15, 0.2) is 65.1 Å². The molecule has 0 aromatic heterocycles. The number of hydrogen-bond donors (Lipinski definition) is 3. The summed E-state index contributed by atoms with van der Waals surface area (Å²) in [6, 6.07) is 12.6. The molecule has 1 saturated heterocycles. The lowest BCUT2D eigenvalue weighted by Crippen LogP contribution is -2.55. The van der Waals surface area contributed by atoms with Crippen molar-refractivity contribution >= 4 is 17.6 Å². The number of allylic oxidation sites excluding steroid dienone is 1. The minimum absolute atomic E-state index is 0.246. The smallest absolute Gasteiger partial charge is 0.172 e. The van der Waals surface area contributed by atoms with Gasteiger partial charge in [-0.2, -0.15) is 0 Å². The molecule has 0 saturated carbocycles. The Morgan fingerprint density at radius 1 is 1.27 bits per heavy atom. The number of nitrogens with one attached hydrogen (secondary N) is 2. The van der Waals surface area contributed by atoms with Gasteiger partial charge in [0.2, 0.25) is 0 Å². The van der Waals surface area contributed by atoms with Crippen molar-refractivity contribution in [3.8, 4) is 5.75 Å². The number of nitrogens with two attached hydrogens (primary N) is 1. The van der Waals surface area contributed by atoms with E-state index in [1.165, 1.54) is 12.1 Å². The van der Waals surface area contributed by atoms with Crippen molar-refractivity contribution in [1.29, 1.82) is 0 Å². The molecule has 7 nitrogen and oxygen atoms in total. The Hall–Kier alpha value is -3.52. The molecule has 2 aliphatic rings. The molecule has 0 spiro atoms. The van der Waals surface area contributed by atoms with E-state index in [1.54, 1.807) is 13.3 Å². The first-order valence-electron chi connectivity index (χ1n) is 11.0. The number of benzene rings is 2. The van der Waals surface area contributed by atoms with Crippen molar-refractivity contribution in [3.63, 3.8) is 0 Å². The van der Waals surface area contributed by atoms with Gasteiger partial charge in [0.15, 0.2) is 5.84 Å². The molecule has 2 aromatic carbocycles. The molecule has 1 atom stereocenters. The first-order valence-corrected chi connectivity index (χ1v) is 11.0. The third-order valence-corrected chi connectivity index (χ3v) is 6.17. The van der Waals surface area contributed by atoms with E-state index in [-0.39, 0.29) is 5.82 Å². The van der Waals surface area contributed by atoms with Crippen LogP contribution in [0.4, 0.5) is 10.1 Å². The Bertz CT molecular complexity index is 1100. The fourth-order valence-corrected chi connectivity index (χ4v) is 4.23. The van der Waals surface area contributed by atoms with Crippen LogP contribution in [-0.2, 0) is 10.4 Å². The summed E-state index contributed by atoms with van der Waals surface area (Å²) < 4.78 is 19.1. The van der Waals surface area contributed by atoms with Crippen LogP contribution >= 0.6 is 0 Å². The van der Waals surface area contributed by atoms with Crippen LogP contribution in [0.2, 0.25) is 0 Å². The maximum atomic E-state index is 13.5. The zero-order valence-corrected chi connectivity index (χ0v) is 19.2. The maximum absolute atomic E-state index is 13.5. The summed E-state index contributed by atoms with van der Waals surface area (Å²) in [6.07, 6.45) is 5.79. The lowest BCUT2D eigenvalue weighted by atomic mass is 9.86. The normalized spacial score (nSPS) is 21.7. The zero-order valence-electron chi connectivity index (χ0n) is 19.2. The molecule has 1 unspecified atom stereocenters. The highest BCUT2D eigenvalue weighted by Crippen LogP contribution is 2.38. The number of fused-ring (bicyclic) bond motifs is 1. The summed E-state index contributed by atoms with van der Waals surface area (Å²) in [5.41, 5.74) is 6.90. The molecule has 0 amide bonds. The van der Waals surface area contributed by atoms with Crippen LogP contribution in [-0.4, -0.2) is 31.0 Å². The lowest BCUT2D eigenvalue weighted by Gasteiger charge is -2.47. The molecule has 2 aliphatic heterocycles. The summed E-state index contributed by atoms with van der Waals surface area (Å²) in [4.78, 5) is 7.97. The minimum atomic E-state index is -0.420. The SMILES string of the molecule is COc1cc(/C=C2\CCCN3C2=NOCC3(C)c2ccc(F)cc2)ccc1N/C=C(/C)NN. The standard InChI is InChI=1S/C25H30FN5O2/c1-17(29-27)15-28-22-11-6-18(14-23(22)32-3)13-19-5-4-12-31-24(19)30-33-16-25(31,2)20-7-9-21(26)10-8-20/h6-11,13-15,28-29H,4-5,12,16,27H2,1-3H3/b17-15-,19-13+. The van der Waals surface area contributed by atoms with Gasteiger partial charge in [0.05, 0.1) is 12.8 Å². The average Bonchev–Trinajstić information content (AvgIpc) is 2.84. The van der Waals surface area contributed by atoms with Gasteiger partial charge in [0, 0.05) is 18.4 Å². The number of oxime groups is 1. The van der Waals surface area contributed by atoms with E-state index in [1.807, 2.05) is 37.3 Å². The van der Waals surface area contributed by atoms with Gasteiger partial charge in [-0.25, -0.2) is 4.39 Å². The molecular weight excluding hydrogens is 421 g/mol. The molecule has 0 bridgehead atoms. The Kier molecular flexibility index (Phi) is 6.55. The summed E-state index contributed by atoms with van der Waals surface area (Å²) in [7, 11) is 1.64. The summed E-state index contributed by atoms with van der Waals surface area (Å²) in [6.45, 7) is 5.25. The van der Waals surface area contributed by atoms with Gasteiger partial charge in [-0.05, 0) is 73.7 Å². The third-order valence-electron chi connectivity index (χ3n) is 6.17. The Balaban J connectivity index is 1.63. The first kappa shape index (κ1) is 22.7. The molecule has 174 valence electrons. The van der Waals surface area contributed by atoms with E-state index >= 15 is 0 Å². The Morgan fingerprint density at radius 3 is 2.79 bits per heavy atom. The molecule has 1 fully saturated rings. The molecule has 4 N–H and O–H groups in total. The van der Waals surface area contributed by atoms with Crippen LogP contribution < -0.4 is 21.3 Å². The highest BCUT2D eigenvalue weighted by atomic mass is 19.1. The van der Waals surface area contributed by atoms with Gasteiger partial charge >= 0.3 is 0 Å². The predicted octanol–water partition coefficient (Wildman–Crippen LogP) is 4.31. The molecule has 33 heavy (non-hydrogen) atoms. The van der Waals surface area contributed by atoms with E-state index in [9.17, 15) is 4.39 Å². The van der Waals surface area contributed by atoms with Gasteiger partial charge in [-0.3, -0.25) is 5.84 Å². The number of hydrazine groups is 1. The van der Waals surface area contributed by atoms with E-state index in [0.29, 0.717) is 6.61 Å². The van der Waals surface area contributed by atoms with Crippen molar-refractivity contribution in [1.82, 2.24) is 10.3 Å². The maximum Gasteiger partial charge on any atom is 0.172 e. The molecule has 4 rings (SSSR count). The average molecular weight is 452 g/mol. The monoisotopic (exact) mass is 451 g/mol. The van der Waals surface area contributed by atoms with Gasteiger partial charge in [0.1, 0.15) is 23.7 Å². The van der Waals surface area contributed by atoms with Crippen molar-refractivity contribution in [3.05, 3.63) is 76.9 Å². The van der Waals surface area contributed by atoms with E-state index in [4.69, 9.17) is 15.4 Å². The second kappa shape index (κ2) is 9.54. The molecule has 2 heterocycles. The third kappa shape index (κ3) is 4.66. The predicted molar refractivity (Wildman–Crippen MR) is 129 cm³/mol. The fraction of sp³-hybridized carbons (Fsp3) is 0.320. The van der Waals surface area contributed by atoms with Gasteiger partial charge in [-0.1, -0.05) is 23.4 Å². The highest BCUT2D eigenvalue weighted by Gasteiger charge is 2.42. The second-order valence-electron chi connectivity index (χ2n) is 8.47. The van der Waals surface area contributed by atoms with E-state index in [2.05, 4.69) is 33.8 Å². The van der Waals surface area contributed by atoms with Crippen molar-refractivity contribution in [2.45, 2.75) is 32.2 Å². The first-order chi connectivity index (χ1) is 15.9. The largest absolute Gasteiger partial charge is 0.495 e. The van der Waals surface area contributed by atoms with Crippen molar-refractivity contribution in [2.24, 2.45) is 11.0 Å². The summed E-state index contributed by atoms with van der Waals surface area (Å²) in [5.74, 6) is 6.71. The number of ether oxygens (including phenoxy) is 1. The minimum Gasteiger partial charge on any atom is -0.495 e. The lowest BCUT2D eigenvalue weighted by molar-refractivity contribution is 0.00241. The number of hydrogen-bond acceptors (Lipinski definition) is 7. The highest BCUT2D eigenvalue weighted by molar-refractivity contribution is 6.03. The zero-order chi connectivity index (χ0) is 23.4. The van der Waals surface area contributed by atoms with E-state index < -0.39 is 5.54 Å². The molecule has 0 radical (unpaired) electrons. The van der Waals surface area contributed by atoms with Crippen LogP contribution in [0.25, 0.3) is 6.08 Å². The van der Waals surface area contributed by atoms with Crippen LogP contribution in [0.1, 0.15) is 37.8 Å². The number of nitrogens with zero attached hydrogens (tertiary/aromatic N) is 2. The van der Waals surface area contributed by atoms with Gasteiger partial charge in [0.25, 0.3) is 0 Å². The number of piperidine rings is 1. The second-order valence-corrected chi connectivity index (χ2v) is 8.47. The number of rotatable bonds is 6. The Morgan fingerprint density at radius 2 is 2.06 bits per heavy atom. The molecule has 2 aromatic rings. The van der Waals surface area contributed by atoms with Gasteiger partial charge < -0.3 is 25.2 Å². The van der Waals surface area contributed by atoms with Gasteiger partial charge in [-0.15, -0.1) is 0 Å². The molecule has 0 aliphatic carbocycles. The van der Waals surface area contributed by atoms with Crippen molar-refractivity contribution < 1.29 is 14.0 Å². The number of anilines is 1. The number of amidine groups is 1. The van der Waals surface area contributed by atoms with E-state index in [0.717, 1.165) is 59.1 Å². The molecule has 8 heteroatoms. The van der Waals surface area contributed by atoms with Crippen LogP contribution in [0.5, 0.6) is 5.75 Å². The quantitative estimate of drug-likeness (QED) is 0.448. The topological polar surface area (TPSA) is 84.1 Å².